The first kappa shape index (κ1) is 66.3. The van der Waals surface area contributed by atoms with Crippen molar-refractivity contribution in [3.05, 3.63) is 41.0 Å². The average Bonchev–Trinajstić information content (AvgIpc) is 3.37. The van der Waals surface area contributed by atoms with Crippen LogP contribution in [0.15, 0.2) is 34.9 Å². The van der Waals surface area contributed by atoms with Crippen molar-refractivity contribution < 1.29 is 77.3 Å². The lowest BCUT2D eigenvalue weighted by Crippen LogP contribution is -2.55. The maximum atomic E-state index is 14.8. The fourth-order valence-corrected chi connectivity index (χ4v) is 11.1. The average molecular weight is 1180 g/mol. The van der Waals surface area contributed by atoms with E-state index in [-0.39, 0.29) is 88.0 Å². The third kappa shape index (κ3) is 19.8. The Kier molecular flexibility index (Phi) is 25.4. The number of carboxylic acid groups (broad SMARTS) is 1. The number of fused-ring (bicyclic) bond motifs is 5. The molecule has 1 saturated heterocycles. The molecule has 1 aromatic carbocycles. The van der Waals surface area contributed by atoms with Gasteiger partial charge < -0.3 is 67.8 Å². The van der Waals surface area contributed by atoms with E-state index in [9.17, 15) is 67.4 Å². The standard InChI is InChI=1S/C56H78N10O16S/c1-6-29(3)49-43(70)21-33-20-38-37-19-32(18-35(67)9-8-13-58-45(72)12-15-82-16-14-59-51(77)31(5)17-48(75)76)10-11-39(37)63-55(38)83-28-40(62-46(73)25-61-54(80)50(30(4)7-2)64-47(74)26-60-52(33)78)42(69)22-34(23-44(57)71)56(81)66-27-36(68)24-41(66)53(79)65-49/h10-11,17,19,29-30,33-34,36,40-41,49-50,63,68H,6-9,12-16,18,20-28H2,1-5H3,(H2,57,71)(H,58,72)(H,59,77)(H,60,78)(H,61,80)(H,62,73)(H,64,74)(H,65,79)(H,75,76)/b31-17-/t29?,30-,33+,34-,36+,40-,41-,49-,50-/m0/s1. The molecule has 3 aliphatic heterocycles. The highest BCUT2D eigenvalue weighted by atomic mass is 32.2. The van der Waals surface area contributed by atoms with Gasteiger partial charge in [-0.3, -0.25) is 57.5 Å². The van der Waals surface area contributed by atoms with Crippen LogP contribution in [0.5, 0.6) is 0 Å². The van der Waals surface area contributed by atoms with Crippen LogP contribution in [0.25, 0.3) is 10.9 Å². The molecule has 0 spiro atoms. The summed E-state index contributed by atoms with van der Waals surface area (Å²) in [7, 11) is 0. The van der Waals surface area contributed by atoms with E-state index in [1.165, 1.54) is 6.92 Å². The lowest BCUT2D eigenvalue weighted by Gasteiger charge is -2.31. The van der Waals surface area contributed by atoms with Crippen LogP contribution >= 0.6 is 11.8 Å². The van der Waals surface area contributed by atoms with Crippen molar-refractivity contribution >= 4 is 99.1 Å². The van der Waals surface area contributed by atoms with Crippen LogP contribution in [0.1, 0.15) is 104 Å². The minimum Gasteiger partial charge on any atom is -0.478 e. The van der Waals surface area contributed by atoms with Gasteiger partial charge in [0.25, 0.3) is 0 Å². The molecule has 83 heavy (non-hydrogen) atoms. The molecule has 5 rings (SSSR count). The number of hydrogen-bond donors (Lipinski definition) is 11. The zero-order chi connectivity index (χ0) is 61.1. The second-order valence-electron chi connectivity index (χ2n) is 21.4. The Balaban J connectivity index is 1.48. The molecule has 27 heteroatoms. The van der Waals surface area contributed by atoms with E-state index < -0.39 is 151 Å². The number of Topliss-reactive ketones (excluding diaryl/α,β-unsaturated/α-hetero) is 3. The molecule has 4 heterocycles. The lowest BCUT2D eigenvalue weighted by atomic mass is 9.86. The number of nitrogens with one attached hydrogen (secondary N) is 8. The van der Waals surface area contributed by atoms with Crippen molar-refractivity contribution in [2.75, 3.05) is 51.7 Å². The molecule has 0 saturated carbocycles. The molecular formula is C56H78N10O16S. The molecule has 3 aliphatic rings. The molecule has 9 amide bonds. The number of ether oxygens (including phenoxy) is 1. The van der Waals surface area contributed by atoms with Crippen LogP contribution in [0.2, 0.25) is 0 Å². The number of aliphatic hydroxyl groups excluding tert-OH is 1. The van der Waals surface area contributed by atoms with Gasteiger partial charge in [0.15, 0.2) is 11.6 Å². The number of aliphatic carboxylic acids is 1. The van der Waals surface area contributed by atoms with Gasteiger partial charge in [-0.05, 0) is 54.9 Å². The maximum absolute atomic E-state index is 14.8. The van der Waals surface area contributed by atoms with E-state index in [0.29, 0.717) is 46.3 Å². The van der Waals surface area contributed by atoms with Crippen molar-refractivity contribution in [1.29, 1.82) is 0 Å². The largest absolute Gasteiger partial charge is 0.478 e. The number of nitrogens with two attached hydrogens (primary N) is 1. The van der Waals surface area contributed by atoms with E-state index in [2.05, 4.69) is 42.2 Å². The first-order valence-corrected chi connectivity index (χ1v) is 29.0. The topological polar surface area (TPSA) is 401 Å². The number of nitrogens with zero attached hydrogens (tertiary/aromatic N) is 1. The molecule has 1 aromatic heterocycles. The second kappa shape index (κ2) is 31.8. The fourth-order valence-electron chi connectivity index (χ4n) is 9.97. The summed E-state index contributed by atoms with van der Waals surface area (Å²) in [6.07, 6.45) is -1.53. The lowest BCUT2D eigenvalue weighted by molar-refractivity contribution is -0.145. The zero-order valence-electron chi connectivity index (χ0n) is 47.5. The number of primary amides is 1. The fraction of sp³-hybridized carbons (Fsp3) is 0.589. The van der Waals surface area contributed by atoms with Gasteiger partial charge in [0, 0.05) is 98.8 Å². The second-order valence-corrected chi connectivity index (χ2v) is 22.5. The van der Waals surface area contributed by atoms with E-state index in [0.717, 1.165) is 22.7 Å². The molecule has 1 unspecified atom stereocenters. The minimum absolute atomic E-state index is 0.00761. The quantitative estimate of drug-likeness (QED) is 0.0569. The monoisotopic (exact) mass is 1180 g/mol. The number of carboxylic acids is 1. The van der Waals surface area contributed by atoms with Crippen LogP contribution in [-0.4, -0.2) is 179 Å². The van der Waals surface area contributed by atoms with Crippen LogP contribution < -0.4 is 43.0 Å². The molecule has 454 valence electrons. The maximum Gasteiger partial charge on any atom is 0.328 e. The number of rotatable bonds is 20. The number of aromatic nitrogens is 1. The number of carbonyl (C=O) groups is 13. The summed E-state index contributed by atoms with van der Waals surface area (Å²) in [5.41, 5.74) is 7.20. The van der Waals surface area contributed by atoms with Gasteiger partial charge in [0.1, 0.15) is 17.9 Å². The first-order chi connectivity index (χ1) is 39.4. The summed E-state index contributed by atoms with van der Waals surface area (Å²) in [5.74, 6) is -13.2. The van der Waals surface area contributed by atoms with Gasteiger partial charge in [0.2, 0.25) is 53.2 Å². The van der Waals surface area contributed by atoms with Crippen molar-refractivity contribution in [1.82, 2.24) is 47.1 Å². The number of thioether (sulfide) groups is 1. The Morgan fingerprint density at radius 2 is 1.52 bits per heavy atom. The van der Waals surface area contributed by atoms with Gasteiger partial charge in [-0.1, -0.05) is 46.6 Å². The summed E-state index contributed by atoms with van der Waals surface area (Å²) < 4.78 is 5.39. The Morgan fingerprint density at radius 3 is 2.20 bits per heavy atom. The molecule has 1 fully saturated rings. The molecule has 0 radical (unpaired) electrons. The molecule has 26 nitrogen and oxygen atoms in total. The molecule has 9 atom stereocenters. The van der Waals surface area contributed by atoms with Crippen LogP contribution in [0.3, 0.4) is 0 Å². The predicted molar refractivity (Wildman–Crippen MR) is 300 cm³/mol. The Hall–Kier alpha value is -7.52. The molecule has 2 bridgehead atoms. The minimum atomic E-state index is -1.46. The Morgan fingerprint density at radius 1 is 0.831 bits per heavy atom. The van der Waals surface area contributed by atoms with E-state index >= 15 is 0 Å². The van der Waals surface area contributed by atoms with Crippen molar-refractivity contribution in [2.24, 2.45) is 29.4 Å². The van der Waals surface area contributed by atoms with Crippen LogP contribution in [0, 0.1) is 23.7 Å². The molecule has 0 aliphatic carbocycles. The Labute approximate surface area is 484 Å². The highest BCUT2D eigenvalue weighted by molar-refractivity contribution is 7.99. The van der Waals surface area contributed by atoms with E-state index in [1.54, 1.807) is 45.9 Å². The third-order valence-electron chi connectivity index (χ3n) is 15.0. The molecule has 12 N–H and O–H groups in total. The Bertz CT molecular complexity index is 2820. The van der Waals surface area contributed by atoms with Gasteiger partial charge in [-0.15, -0.1) is 11.8 Å². The van der Waals surface area contributed by atoms with Crippen molar-refractivity contribution in [3.63, 3.8) is 0 Å². The zero-order valence-corrected chi connectivity index (χ0v) is 48.3. The normalized spacial score (nSPS) is 23.6. The van der Waals surface area contributed by atoms with Gasteiger partial charge in [-0.2, -0.15) is 0 Å². The highest BCUT2D eigenvalue weighted by Gasteiger charge is 2.44. The molecule has 2 aromatic rings. The number of amides is 9. The number of carbonyl (C=O) groups excluding carboxylic acids is 12. The van der Waals surface area contributed by atoms with Gasteiger partial charge in [-0.25, -0.2) is 4.79 Å². The number of ketones is 3. The third-order valence-corrected chi connectivity index (χ3v) is 16.1. The van der Waals surface area contributed by atoms with Crippen molar-refractivity contribution in [2.45, 2.75) is 141 Å². The number of H-pyrrole nitrogens is 1. The van der Waals surface area contributed by atoms with Crippen LogP contribution in [-0.2, 0) is 79.9 Å². The van der Waals surface area contributed by atoms with E-state index in [4.69, 9.17) is 15.6 Å². The van der Waals surface area contributed by atoms with Gasteiger partial charge in [0.05, 0.1) is 55.4 Å². The predicted octanol–water partition coefficient (Wildman–Crippen LogP) is -0.842. The van der Waals surface area contributed by atoms with Crippen LogP contribution in [0.4, 0.5) is 0 Å². The smallest absolute Gasteiger partial charge is 0.328 e. The molecular weight excluding hydrogens is 1100 g/mol. The SMILES string of the molecule is CCC(C)[C@@H]1NC(=O)[C@@H]2C[C@@H](O)CN2C(=O)[C@H](CC(N)=O)CC(=O)[C@@H]2CSc3[nH]c4ccc(CC(=O)CCCNC(=O)CCOCCNC(=O)/C(C)=C\C(=O)O)cc4c3C[C@H](CC1=O)C(=O)NCC(=O)N[C@@H]([C@@H](C)CC)C(=O)NCC(=O)N2. The summed E-state index contributed by atoms with van der Waals surface area (Å²) in [5, 5.41) is 39.0. The number of benzene rings is 1. The number of aromatic amines is 1. The van der Waals surface area contributed by atoms with Crippen molar-refractivity contribution in [3.8, 4) is 0 Å². The number of aliphatic hydroxyl groups is 1. The summed E-state index contributed by atoms with van der Waals surface area (Å²) in [6.45, 7) is 7.15. The summed E-state index contributed by atoms with van der Waals surface area (Å²) in [6, 6.07) is 0.00787. The summed E-state index contributed by atoms with van der Waals surface area (Å²) >= 11 is 1.05. The van der Waals surface area contributed by atoms with Gasteiger partial charge >= 0.3 is 5.97 Å². The first-order valence-electron chi connectivity index (χ1n) is 28.0. The number of hydrogen-bond acceptors (Lipinski definition) is 16. The summed E-state index contributed by atoms with van der Waals surface area (Å²) in [4.78, 5) is 179. The van der Waals surface area contributed by atoms with E-state index in [1.807, 2.05) is 0 Å². The highest BCUT2D eigenvalue weighted by Crippen LogP contribution is 2.35.